The average molecular weight is 361 g/mol. The van der Waals surface area contributed by atoms with E-state index in [-0.39, 0.29) is 18.4 Å². The molecule has 1 aromatic carbocycles. The van der Waals surface area contributed by atoms with E-state index in [4.69, 9.17) is 9.47 Å². The van der Waals surface area contributed by atoms with Crippen LogP contribution in [0.2, 0.25) is 0 Å². The van der Waals surface area contributed by atoms with E-state index < -0.39 is 11.4 Å². The summed E-state index contributed by atoms with van der Waals surface area (Å²) in [6, 6.07) is 5.51. The van der Waals surface area contributed by atoms with Gasteiger partial charge in [-0.3, -0.25) is 9.59 Å². The Labute approximate surface area is 154 Å². The molecule has 1 unspecified atom stereocenters. The summed E-state index contributed by atoms with van der Waals surface area (Å²) in [5.41, 5.74) is 0.360. The number of aliphatic carboxylic acids is 1. The van der Waals surface area contributed by atoms with E-state index >= 15 is 0 Å². The van der Waals surface area contributed by atoms with Crippen molar-refractivity contribution in [2.24, 2.45) is 0 Å². The molecule has 1 saturated carbocycles. The number of carboxylic acids is 1. The van der Waals surface area contributed by atoms with Gasteiger partial charge in [0.15, 0.2) is 11.5 Å². The Morgan fingerprint density at radius 3 is 2.46 bits per heavy atom. The molecule has 1 saturated heterocycles. The molecule has 26 heavy (non-hydrogen) atoms. The van der Waals surface area contributed by atoms with Crippen molar-refractivity contribution in [3.05, 3.63) is 23.8 Å². The van der Waals surface area contributed by atoms with Gasteiger partial charge in [0.05, 0.1) is 26.1 Å². The smallest absolute Gasteiger partial charge is 0.305 e. The van der Waals surface area contributed by atoms with Crippen LogP contribution < -0.4 is 9.47 Å². The monoisotopic (exact) mass is 361 g/mol. The van der Waals surface area contributed by atoms with Crippen LogP contribution >= 0.6 is 0 Å². The number of ether oxygens (including phenoxy) is 2. The van der Waals surface area contributed by atoms with Crippen LogP contribution in [0.1, 0.15) is 50.5 Å². The Morgan fingerprint density at radius 1 is 1.15 bits per heavy atom. The Kier molecular flexibility index (Phi) is 5.39. The summed E-state index contributed by atoms with van der Waals surface area (Å²) in [6.45, 7) is 0.645. The molecule has 6 heteroatoms. The van der Waals surface area contributed by atoms with Crippen LogP contribution in [0.4, 0.5) is 0 Å². The van der Waals surface area contributed by atoms with Crippen molar-refractivity contribution >= 4 is 11.9 Å². The molecule has 142 valence electrons. The number of likely N-dealkylation sites (tertiary alicyclic amines) is 1. The summed E-state index contributed by atoms with van der Waals surface area (Å²) in [4.78, 5) is 26.6. The summed E-state index contributed by atoms with van der Waals surface area (Å²) >= 11 is 0. The predicted molar refractivity (Wildman–Crippen MR) is 96.7 cm³/mol. The fraction of sp³-hybridized carbons (Fsp3) is 0.600. The minimum absolute atomic E-state index is 0.0216. The number of benzene rings is 1. The van der Waals surface area contributed by atoms with Gasteiger partial charge in [-0.05, 0) is 43.4 Å². The minimum Gasteiger partial charge on any atom is -0.493 e. The molecule has 2 aliphatic rings. The molecule has 3 rings (SSSR count). The van der Waals surface area contributed by atoms with Crippen LogP contribution in [0.5, 0.6) is 11.5 Å². The number of methoxy groups -OCH3 is 2. The summed E-state index contributed by atoms with van der Waals surface area (Å²) in [5, 5.41) is 9.18. The molecule has 1 N–H and O–H groups in total. The van der Waals surface area contributed by atoms with Crippen LogP contribution in [0.15, 0.2) is 18.2 Å². The summed E-state index contributed by atoms with van der Waals surface area (Å²) in [5.74, 6) is 0.488. The normalized spacial score (nSPS) is 21.6. The van der Waals surface area contributed by atoms with Crippen LogP contribution in [-0.2, 0) is 15.0 Å². The van der Waals surface area contributed by atoms with Gasteiger partial charge in [-0.2, -0.15) is 0 Å². The van der Waals surface area contributed by atoms with Gasteiger partial charge in [0.25, 0.3) is 0 Å². The predicted octanol–water partition coefficient (Wildman–Crippen LogP) is 2.98. The van der Waals surface area contributed by atoms with Crippen molar-refractivity contribution in [1.82, 2.24) is 4.90 Å². The lowest BCUT2D eigenvalue weighted by atomic mass is 9.77. The number of amides is 1. The first kappa shape index (κ1) is 18.5. The second-order valence-corrected chi connectivity index (χ2v) is 7.25. The highest BCUT2D eigenvalue weighted by atomic mass is 16.5. The van der Waals surface area contributed by atoms with E-state index in [1.165, 1.54) is 0 Å². The number of nitrogens with zero attached hydrogens (tertiary/aromatic N) is 1. The molecule has 0 aromatic heterocycles. The molecule has 6 nitrogen and oxygen atoms in total. The van der Waals surface area contributed by atoms with E-state index in [0.717, 1.165) is 44.1 Å². The second kappa shape index (κ2) is 7.56. The van der Waals surface area contributed by atoms with Crippen molar-refractivity contribution in [1.29, 1.82) is 0 Å². The largest absolute Gasteiger partial charge is 0.493 e. The molecule has 1 aromatic rings. The fourth-order valence-corrected chi connectivity index (χ4v) is 4.53. The third-order valence-electron chi connectivity index (χ3n) is 5.85. The summed E-state index contributed by atoms with van der Waals surface area (Å²) in [6.07, 6.45) is 5.23. The highest BCUT2D eigenvalue weighted by Gasteiger charge is 2.47. The number of hydrogen-bond acceptors (Lipinski definition) is 4. The average Bonchev–Trinajstić information content (AvgIpc) is 3.30. The maximum atomic E-state index is 13.6. The molecule has 1 atom stereocenters. The van der Waals surface area contributed by atoms with Crippen molar-refractivity contribution in [3.8, 4) is 11.5 Å². The Balaban J connectivity index is 1.95. The summed E-state index contributed by atoms with van der Waals surface area (Å²) < 4.78 is 10.8. The molecule has 0 spiro atoms. The number of rotatable bonds is 6. The van der Waals surface area contributed by atoms with Gasteiger partial charge >= 0.3 is 5.97 Å². The Hall–Kier alpha value is -2.24. The van der Waals surface area contributed by atoms with Gasteiger partial charge < -0.3 is 19.5 Å². The van der Waals surface area contributed by atoms with Gasteiger partial charge in [-0.1, -0.05) is 18.9 Å². The second-order valence-electron chi connectivity index (χ2n) is 7.25. The lowest BCUT2D eigenvalue weighted by molar-refractivity contribution is -0.142. The standard InChI is InChI=1S/C20H27NO5/c1-25-16-8-7-14(12-17(16)26-2)20(9-3-4-10-20)19(24)21-11-5-6-15(21)13-18(22)23/h7-8,12,15H,3-6,9-11,13H2,1-2H3,(H,22,23). The fourth-order valence-electron chi connectivity index (χ4n) is 4.53. The molecular formula is C20H27NO5. The van der Waals surface area contributed by atoms with Crippen molar-refractivity contribution < 1.29 is 24.2 Å². The van der Waals surface area contributed by atoms with E-state index in [2.05, 4.69) is 0 Å². The zero-order valence-corrected chi connectivity index (χ0v) is 15.5. The molecule has 1 heterocycles. The van der Waals surface area contributed by atoms with Gasteiger partial charge in [-0.15, -0.1) is 0 Å². The molecule has 0 bridgehead atoms. The highest BCUT2D eigenvalue weighted by Crippen LogP contribution is 2.46. The lowest BCUT2D eigenvalue weighted by Gasteiger charge is -2.36. The first-order valence-electron chi connectivity index (χ1n) is 9.27. The summed E-state index contributed by atoms with van der Waals surface area (Å²) in [7, 11) is 3.18. The number of hydrogen-bond donors (Lipinski definition) is 1. The zero-order chi connectivity index (χ0) is 18.7. The van der Waals surface area contributed by atoms with Crippen molar-refractivity contribution in [3.63, 3.8) is 0 Å². The first-order valence-corrected chi connectivity index (χ1v) is 9.27. The third-order valence-corrected chi connectivity index (χ3v) is 5.85. The van der Waals surface area contributed by atoms with Crippen LogP contribution in [0.3, 0.4) is 0 Å². The molecular weight excluding hydrogens is 334 g/mol. The molecule has 0 radical (unpaired) electrons. The number of carbonyl (C=O) groups is 2. The minimum atomic E-state index is -0.846. The number of carbonyl (C=O) groups excluding carboxylic acids is 1. The van der Waals surface area contributed by atoms with E-state index in [1.54, 1.807) is 14.2 Å². The van der Waals surface area contributed by atoms with Crippen molar-refractivity contribution in [2.75, 3.05) is 20.8 Å². The molecule has 2 fully saturated rings. The van der Waals surface area contributed by atoms with Gasteiger partial charge in [0.1, 0.15) is 0 Å². The van der Waals surface area contributed by atoms with E-state index in [0.29, 0.717) is 18.0 Å². The van der Waals surface area contributed by atoms with Crippen LogP contribution in [-0.4, -0.2) is 48.7 Å². The van der Waals surface area contributed by atoms with Crippen LogP contribution in [0.25, 0.3) is 0 Å². The number of carboxylic acid groups (broad SMARTS) is 1. The van der Waals surface area contributed by atoms with Gasteiger partial charge in [0.2, 0.25) is 5.91 Å². The maximum Gasteiger partial charge on any atom is 0.305 e. The topological polar surface area (TPSA) is 76.1 Å². The third kappa shape index (κ3) is 3.24. The zero-order valence-electron chi connectivity index (χ0n) is 15.5. The Morgan fingerprint density at radius 2 is 1.85 bits per heavy atom. The molecule has 1 amide bonds. The van der Waals surface area contributed by atoms with E-state index in [1.807, 2.05) is 23.1 Å². The Bertz CT molecular complexity index is 681. The van der Waals surface area contributed by atoms with Gasteiger partial charge in [-0.25, -0.2) is 0 Å². The first-order chi connectivity index (χ1) is 12.5. The quantitative estimate of drug-likeness (QED) is 0.843. The maximum absolute atomic E-state index is 13.6. The van der Waals surface area contributed by atoms with E-state index in [9.17, 15) is 14.7 Å². The molecule has 1 aliphatic heterocycles. The van der Waals surface area contributed by atoms with Crippen LogP contribution in [0, 0.1) is 0 Å². The lowest BCUT2D eigenvalue weighted by Crippen LogP contribution is -2.48. The van der Waals surface area contributed by atoms with Gasteiger partial charge in [0, 0.05) is 12.6 Å². The van der Waals surface area contributed by atoms with Crippen molar-refractivity contribution in [2.45, 2.75) is 56.4 Å². The molecule has 1 aliphatic carbocycles. The SMILES string of the molecule is COc1ccc(C2(C(=O)N3CCCC3CC(=O)O)CCCC2)cc1OC. The highest BCUT2D eigenvalue weighted by molar-refractivity contribution is 5.89.